The topological polar surface area (TPSA) is 32.8 Å². The first kappa shape index (κ1) is 18.6. The third kappa shape index (κ3) is 4.31. The fourth-order valence-electron chi connectivity index (χ4n) is 3.49. The average Bonchev–Trinajstić information content (AvgIpc) is 2.97. The summed E-state index contributed by atoms with van der Waals surface area (Å²) in [5.41, 5.74) is 1.92. The molecule has 0 spiro atoms. The van der Waals surface area contributed by atoms with Gasteiger partial charge in [-0.05, 0) is 12.8 Å². The molecule has 0 unspecified atom stereocenters. The van der Waals surface area contributed by atoms with Crippen molar-refractivity contribution in [2.45, 2.75) is 18.9 Å². The Bertz CT molecular complexity index is 697. The van der Waals surface area contributed by atoms with Crippen molar-refractivity contribution < 1.29 is 42.2 Å². The molecule has 0 atom stereocenters. The summed E-state index contributed by atoms with van der Waals surface area (Å²) in [5.74, 6) is 0.541. The Hall–Kier alpha value is -1.23. The van der Waals surface area contributed by atoms with E-state index < -0.39 is 0 Å². The van der Waals surface area contributed by atoms with Gasteiger partial charge in [0.1, 0.15) is 0 Å². The van der Waals surface area contributed by atoms with Gasteiger partial charge in [0.2, 0.25) is 0 Å². The molecular formula is C20H20N2O2Y-2. The van der Waals surface area contributed by atoms with Crippen molar-refractivity contribution in [2.24, 2.45) is 0 Å². The molecule has 2 aromatic rings. The van der Waals surface area contributed by atoms with E-state index in [1.54, 1.807) is 6.07 Å². The smallest absolute Gasteiger partial charge is 0.406 e. The number of ether oxygens (including phenoxy) is 1. The van der Waals surface area contributed by atoms with Crippen molar-refractivity contribution in [1.82, 2.24) is 9.80 Å². The standard InChI is InChI=1S/C20H20N2O2.Y/c23-20(22-15-14-21-12-10-18(22)11-13-21)24-19-8-6-17(7-9-19)16-4-2-1-3-5-16;/h1-4,6,8-9,18H,10-15H2;/q-2;. The Morgan fingerprint density at radius 2 is 1.80 bits per heavy atom. The summed E-state index contributed by atoms with van der Waals surface area (Å²) in [6.45, 7) is 3.87. The summed E-state index contributed by atoms with van der Waals surface area (Å²) in [5, 5.41) is 0. The van der Waals surface area contributed by atoms with Gasteiger partial charge >= 0.3 is 6.09 Å². The average molecular weight is 409 g/mol. The van der Waals surface area contributed by atoms with Gasteiger partial charge in [-0.15, -0.1) is 18.2 Å². The van der Waals surface area contributed by atoms with E-state index in [0.717, 1.165) is 50.1 Å². The molecule has 25 heavy (non-hydrogen) atoms. The second kappa shape index (κ2) is 8.44. The van der Waals surface area contributed by atoms with E-state index in [4.69, 9.17) is 4.74 Å². The van der Waals surface area contributed by atoms with Gasteiger partial charge in [-0.2, -0.15) is 36.4 Å². The van der Waals surface area contributed by atoms with E-state index in [-0.39, 0.29) is 38.8 Å². The first-order valence-corrected chi connectivity index (χ1v) is 8.49. The molecule has 0 aromatic heterocycles. The van der Waals surface area contributed by atoms with E-state index in [2.05, 4.69) is 17.0 Å². The van der Waals surface area contributed by atoms with Crippen LogP contribution in [0.15, 0.2) is 42.5 Å². The van der Waals surface area contributed by atoms with Crippen molar-refractivity contribution in [2.75, 3.05) is 26.2 Å². The fourth-order valence-corrected chi connectivity index (χ4v) is 3.49. The molecule has 0 N–H and O–H groups in total. The monoisotopic (exact) mass is 409 g/mol. The number of fused-ring (bicyclic) bond motifs is 4. The zero-order chi connectivity index (χ0) is 16.4. The van der Waals surface area contributed by atoms with E-state index in [9.17, 15) is 4.79 Å². The Labute approximate surface area is 174 Å². The molecule has 2 bridgehead atoms. The van der Waals surface area contributed by atoms with E-state index in [0.29, 0.717) is 11.8 Å². The molecule has 3 aliphatic heterocycles. The number of nitrogens with zero attached hydrogens (tertiary/aromatic N) is 2. The third-order valence-corrected chi connectivity index (χ3v) is 4.88. The maximum Gasteiger partial charge on any atom is 0.406 e. The molecule has 5 heteroatoms. The normalized spacial score (nSPS) is 22.0. The number of carbonyl (C=O) groups excluding carboxylic acids is 1. The van der Waals surface area contributed by atoms with Crippen LogP contribution in [0, 0.1) is 12.1 Å². The molecule has 3 saturated heterocycles. The van der Waals surface area contributed by atoms with E-state index in [1.807, 2.05) is 41.3 Å². The minimum atomic E-state index is -0.240. The van der Waals surface area contributed by atoms with Crippen molar-refractivity contribution in [3.05, 3.63) is 54.6 Å². The van der Waals surface area contributed by atoms with Crippen molar-refractivity contribution in [3.8, 4) is 16.9 Å². The predicted octanol–water partition coefficient (Wildman–Crippen LogP) is 3.23. The molecule has 3 aliphatic rings. The Kier molecular flexibility index (Phi) is 6.26. The molecule has 127 valence electrons. The number of carbonyl (C=O) groups is 1. The van der Waals surface area contributed by atoms with Crippen molar-refractivity contribution >= 4 is 6.09 Å². The molecule has 2 aromatic carbocycles. The van der Waals surface area contributed by atoms with Gasteiger partial charge in [0.05, 0.1) is 0 Å². The Morgan fingerprint density at radius 1 is 1.00 bits per heavy atom. The molecule has 3 heterocycles. The van der Waals surface area contributed by atoms with Crippen LogP contribution < -0.4 is 4.74 Å². The SMILES string of the molecule is O=C(Oc1c[c-]c(-c2[c-]cccc2)cc1)N1CCN2CCC1CC2.[Y]. The summed E-state index contributed by atoms with van der Waals surface area (Å²) in [6.07, 6.45) is 1.85. The summed E-state index contributed by atoms with van der Waals surface area (Å²) >= 11 is 0. The van der Waals surface area contributed by atoms with Gasteiger partial charge in [-0.1, -0.05) is 0 Å². The van der Waals surface area contributed by atoms with Gasteiger partial charge < -0.3 is 14.5 Å². The summed E-state index contributed by atoms with van der Waals surface area (Å²) in [7, 11) is 0. The Morgan fingerprint density at radius 3 is 2.48 bits per heavy atom. The third-order valence-electron chi connectivity index (χ3n) is 4.88. The van der Waals surface area contributed by atoms with Crippen LogP contribution >= 0.6 is 0 Å². The van der Waals surface area contributed by atoms with Gasteiger partial charge in [0.25, 0.3) is 0 Å². The van der Waals surface area contributed by atoms with Crippen LogP contribution in [0.5, 0.6) is 5.75 Å². The second-order valence-corrected chi connectivity index (χ2v) is 6.35. The molecule has 5 rings (SSSR count). The number of hydrogen-bond donors (Lipinski definition) is 0. The molecule has 1 radical (unpaired) electrons. The fraction of sp³-hybridized carbons (Fsp3) is 0.350. The minimum absolute atomic E-state index is 0. The molecule has 1 amide bonds. The van der Waals surface area contributed by atoms with Gasteiger partial charge in [0, 0.05) is 70.7 Å². The van der Waals surface area contributed by atoms with Crippen LogP contribution in [0.4, 0.5) is 4.79 Å². The van der Waals surface area contributed by atoms with Crippen LogP contribution in [0.2, 0.25) is 0 Å². The number of benzene rings is 2. The summed E-state index contributed by atoms with van der Waals surface area (Å²) in [6, 6.07) is 19.9. The van der Waals surface area contributed by atoms with E-state index in [1.165, 1.54) is 0 Å². The van der Waals surface area contributed by atoms with E-state index >= 15 is 0 Å². The maximum atomic E-state index is 12.5. The molecular weight excluding hydrogens is 389 g/mol. The predicted molar refractivity (Wildman–Crippen MR) is 91.7 cm³/mol. The molecule has 0 saturated carbocycles. The zero-order valence-corrected chi connectivity index (χ0v) is 17.0. The van der Waals surface area contributed by atoms with Crippen LogP contribution in [0.3, 0.4) is 0 Å². The van der Waals surface area contributed by atoms with Crippen LogP contribution in [-0.4, -0.2) is 48.1 Å². The van der Waals surface area contributed by atoms with Gasteiger partial charge in [-0.3, -0.25) is 0 Å². The van der Waals surface area contributed by atoms with Gasteiger partial charge in [-0.25, -0.2) is 15.9 Å². The quantitative estimate of drug-likeness (QED) is 0.715. The number of rotatable bonds is 2. The molecule has 4 nitrogen and oxygen atoms in total. The summed E-state index contributed by atoms with van der Waals surface area (Å²) in [4.78, 5) is 16.8. The number of hydrogen-bond acceptors (Lipinski definition) is 3. The maximum absolute atomic E-state index is 12.5. The largest absolute Gasteiger partial charge is 0.459 e. The number of piperidine rings is 1. The Balaban J connectivity index is 0.00000182. The van der Waals surface area contributed by atoms with Crippen LogP contribution in [-0.2, 0) is 32.7 Å². The first-order valence-electron chi connectivity index (χ1n) is 8.49. The van der Waals surface area contributed by atoms with Crippen LogP contribution in [0.1, 0.15) is 12.8 Å². The minimum Gasteiger partial charge on any atom is -0.459 e. The number of amides is 1. The summed E-state index contributed by atoms with van der Waals surface area (Å²) < 4.78 is 5.58. The molecule has 0 aliphatic carbocycles. The van der Waals surface area contributed by atoms with Crippen LogP contribution in [0.25, 0.3) is 11.1 Å². The first-order chi connectivity index (χ1) is 11.8. The second-order valence-electron chi connectivity index (χ2n) is 6.35. The van der Waals surface area contributed by atoms with Gasteiger partial charge in [0.15, 0.2) is 0 Å². The van der Waals surface area contributed by atoms with Crippen molar-refractivity contribution in [1.29, 1.82) is 0 Å². The zero-order valence-electron chi connectivity index (χ0n) is 14.1. The van der Waals surface area contributed by atoms with Crippen molar-refractivity contribution in [3.63, 3.8) is 0 Å². The molecule has 3 fully saturated rings.